The zero-order valence-corrected chi connectivity index (χ0v) is 18.2. The van der Waals surface area contributed by atoms with Crippen LogP contribution < -0.4 is 20.4 Å². The summed E-state index contributed by atoms with van der Waals surface area (Å²) < 4.78 is 0. The van der Waals surface area contributed by atoms with Gasteiger partial charge < -0.3 is 15.1 Å². The molecule has 0 spiro atoms. The molecule has 0 saturated carbocycles. The third-order valence-corrected chi connectivity index (χ3v) is 5.43. The molecule has 0 atom stereocenters. The largest absolute Gasteiger partial charge is 0.333 e. The Morgan fingerprint density at radius 1 is 0.867 bits per heavy atom. The molecule has 6 heteroatoms. The molecule has 2 aromatic carbocycles. The minimum atomic E-state index is -0.426. The first-order valence-corrected chi connectivity index (χ1v) is 10.7. The smallest absolute Gasteiger partial charge is 0.322 e. The SMILES string of the molecule is CC(C)(C)NC(=O)NC(=O)C[NH+]1CC[NH+](C(c2ccccc2)c2ccccc2)CC1. The minimum absolute atomic E-state index is 0.224. The van der Waals surface area contributed by atoms with Gasteiger partial charge in [0.1, 0.15) is 32.2 Å². The molecule has 0 aliphatic carbocycles. The summed E-state index contributed by atoms with van der Waals surface area (Å²) >= 11 is 0. The summed E-state index contributed by atoms with van der Waals surface area (Å²) in [4.78, 5) is 26.9. The van der Waals surface area contributed by atoms with Gasteiger partial charge in [0.2, 0.25) is 0 Å². The fraction of sp³-hybridized carbons (Fsp3) is 0.417. The number of hydrogen-bond acceptors (Lipinski definition) is 2. The van der Waals surface area contributed by atoms with Crippen LogP contribution in [0.3, 0.4) is 0 Å². The predicted octanol–water partition coefficient (Wildman–Crippen LogP) is 0.184. The molecule has 0 unspecified atom stereocenters. The topological polar surface area (TPSA) is 67.1 Å². The molecule has 0 radical (unpaired) electrons. The fourth-order valence-electron chi connectivity index (χ4n) is 4.11. The molecule has 1 saturated heterocycles. The Morgan fingerprint density at radius 2 is 1.37 bits per heavy atom. The Labute approximate surface area is 179 Å². The summed E-state index contributed by atoms with van der Waals surface area (Å²) in [6.07, 6.45) is 0. The fourth-order valence-corrected chi connectivity index (χ4v) is 4.11. The van der Waals surface area contributed by atoms with Gasteiger partial charge in [-0.3, -0.25) is 10.1 Å². The molecule has 1 aliphatic heterocycles. The molecule has 3 amide bonds. The highest BCUT2D eigenvalue weighted by Gasteiger charge is 2.32. The average Bonchev–Trinajstić information content (AvgIpc) is 2.69. The number of amides is 3. The molecule has 160 valence electrons. The van der Waals surface area contributed by atoms with Crippen LogP contribution in [0.5, 0.6) is 0 Å². The standard InChI is InChI=1S/C24H32N4O2/c1-24(2,3)26-23(30)25-21(29)18-27-14-16-28(17-15-27)22(19-10-6-4-7-11-19)20-12-8-5-9-13-20/h4-13,22H,14-18H2,1-3H3,(H2,25,26,29,30)/p+2. The van der Waals surface area contributed by atoms with E-state index in [-0.39, 0.29) is 11.4 Å². The Bertz CT molecular complexity index is 786. The Balaban J connectivity index is 1.58. The van der Waals surface area contributed by atoms with Gasteiger partial charge in [-0.25, -0.2) is 4.79 Å². The zero-order chi connectivity index (χ0) is 21.6. The second-order valence-corrected chi connectivity index (χ2v) is 9.09. The van der Waals surface area contributed by atoms with Crippen LogP contribution in [-0.4, -0.2) is 50.2 Å². The van der Waals surface area contributed by atoms with Crippen LogP contribution in [0.1, 0.15) is 37.9 Å². The van der Waals surface area contributed by atoms with Crippen LogP contribution in [0.15, 0.2) is 60.7 Å². The Kier molecular flexibility index (Phi) is 7.24. The van der Waals surface area contributed by atoms with Gasteiger partial charge >= 0.3 is 6.03 Å². The molecule has 6 nitrogen and oxygen atoms in total. The van der Waals surface area contributed by atoms with Gasteiger partial charge in [-0.1, -0.05) is 60.7 Å². The van der Waals surface area contributed by atoms with E-state index in [9.17, 15) is 9.59 Å². The van der Waals surface area contributed by atoms with E-state index in [0.717, 1.165) is 26.2 Å². The molecule has 1 heterocycles. The lowest BCUT2D eigenvalue weighted by atomic mass is 9.96. The van der Waals surface area contributed by atoms with Crippen molar-refractivity contribution < 1.29 is 19.4 Å². The zero-order valence-electron chi connectivity index (χ0n) is 18.2. The molecular formula is C24H34N4O2+2. The van der Waals surface area contributed by atoms with Gasteiger partial charge in [-0.2, -0.15) is 0 Å². The van der Waals surface area contributed by atoms with Crippen molar-refractivity contribution in [1.29, 1.82) is 0 Å². The first-order valence-electron chi connectivity index (χ1n) is 10.7. The molecule has 4 N–H and O–H groups in total. The predicted molar refractivity (Wildman–Crippen MR) is 117 cm³/mol. The number of imide groups is 1. The van der Waals surface area contributed by atoms with Crippen molar-refractivity contribution in [3.8, 4) is 0 Å². The van der Waals surface area contributed by atoms with Gasteiger partial charge in [0, 0.05) is 16.7 Å². The average molecular weight is 411 g/mol. The number of rotatable bonds is 5. The molecule has 3 rings (SSSR count). The molecule has 0 bridgehead atoms. The lowest BCUT2D eigenvalue weighted by molar-refractivity contribution is -1.02. The number of quaternary nitrogens is 2. The van der Waals surface area contributed by atoms with E-state index in [1.165, 1.54) is 20.9 Å². The van der Waals surface area contributed by atoms with Crippen LogP contribution in [0, 0.1) is 0 Å². The van der Waals surface area contributed by atoms with Gasteiger partial charge in [-0.05, 0) is 20.8 Å². The first-order chi connectivity index (χ1) is 14.3. The number of carbonyl (C=O) groups excluding carboxylic acids is 2. The van der Waals surface area contributed by atoms with E-state index in [1.807, 2.05) is 20.8 Å². The monoisotopic (exact) mass is 410 g/mol. The van der Waals surface area contributed by atoms with Crippen molar-refractivity contribution in [2.45, 2.75) is 32.4 Å². The summed E-state index contributed by atoms with van der Waals surface area (Å²) in [5, 5.41) is 5.21. The highest BCUT2D eigenvalue weighted by Crippen LogP contribution is 2.18. The van der Waals surface area contributed by atoms with Crippen molar-refractivity contribution in [3.63, 3.8) is 0 Å². The van der Waals surface area contributed by atoms with E-state index in [1.54, 1.807) is 0 Å². The third-order valence-electron chi connectivity index (χ3n) is 5.43. The van der Waals surface area contributed by atoms with Crippen molar-refractivity contribution in [2.24, 2.45) is 0 Å². The van der Waals surface area contributed by atoms with Gasteiger partial charge in [0.15, 0.2) is 6.54 Å². The molecule has 30 heavy (non-hydrogen) atoms. The van der Waals surface area contributed by atoms with Crippen LogP contribution in [0.4, 0.5) is 4.79 Å². The van der Waals surface area contributed by atoms with Crippen LogP contribution in [0.2, 0.25) is 0 Å². The quantitative estimate of drug-likeness (QED) is 0.568. The maximum absolute atomic E-state index is 12.3. The molecule has 1 aliphatic rings. The number of hydrogen-bond donors (Lipinski definition) is 4. The summed E-state index contributed by atoms with van der Waals surface area (Å²) in [6, 6.07) is 21.2. The molecular weight excluding hydrogens is 376 g/mol. The van der Waals surface area contributed by atoms with Crippen molar-refractivity contribution in [3.05, 3.63) is 71.8 Å². The van der Waals surface area contributed by atoms with Crippen LogP contribution in [-0.2, 0) is 4.79 Å². The number of benzene rings is 2. The summed E-state index contributed by atoms with van der Waals surface area (Å²) in [6.45, 7) is 9.75. The lowest BCUT2D eigenvalue weighted by Gasteiger charge is -2.35. The van der Waals surface area contributed by atoms with Gasteiger partial charge in [-0.15, -0.1) is 0 Å². The lowest BCUT2D eigenvalue weighted by Crippen LogP contribution is -3.28. The molecule has 1 fully saturated rings. The van der Waals surface area contributed by atoms with Crippen LogP contribution >= 0.6 is 0 Å². The third kappa shape index (κ3) is 6.40. The van der Waals surface area contributed by atoms with Crippen molar-refractivity contribution in [2.75, 3.05) is 32.7 Å². The summed E-state index contributed by atoms with van der Waals surface area (Å²) in [5.41, 5.74) is 2.27. The second kappa shape index (κ2) is 9.87. The summed E-state index contributed by atoms with van der Waals surface area (Å²) in [5.74, 6) is -0.224. The van der Waals surface area contributed by atoms with Crippen LogP contribution in [0.25, 0.3) is 0 Å². The van der Waals surface area contributed by atoms with E-state index < -0.39 is 6.03 Å². The Morgan fingerprint density at radius 3 is 1.83 bits per heavy atom. The normalized spacial score (nSPS) is 19.3. The van der Waals surface area contributed by atoms with E-state index in [0.29, 0.717) is 12.6 Å². The highest BCUT2D eigenvalue weighted by molar-refractivity contribution is 5.94. The maximum Gasteiger partial charge on any atom is 0.322 e. The number of piperazine rings is 1. The van der Waals surface area contributed by atoms with Crippen molar-refractivity contribution in [1.82, 2.24) is 10.6 Å². The highest BCUT2D eigenvalue weighted by atomic mass is 16.2. The molecule has 0 aromatic heterocycles. The first kappa shape index (κ1) is 22.0. The summed E-state index contributed by atoms with van der Waals surface area (Å²) in [7, 11) is 0. The van der Waals surface area contributed by atoms with Crippen molar-refractivity contribution >= 4 is 11.9 Å². The number of carbonyl (C=O) groups is 2. The van der Waals surface area contributed by atoms with Gasteiger partial charge in [0.05, 0.1) is 0 Å². The van der Waals surface area contributed by atoms with E-state index in [4.69, 9.17) is 0 Å². The number of urea groups is 1. The number of nitrogens with one attached hydrogen (secondary N) is 4. The minimum Gasteiger partial charge on any atom is -0.333 e. The Hall–Kier alpha value is -2.70. The van der Waals surface area contributed by atoms with Gasteiger partial charge in [0.25, 0.3) is 5.91 Å². The molecule has 2 aromatic rings. The van der Waals surface area contributed by atoms with E-state index in [2.05, 4.69) is 71.3 Å². The maximum atomic E-state index is 12.3. The second-order valence-electron chi connectivity index (χ2n) is 9.09. The van der Waals surface area contributed by atoms with E-state index >= 15 is 0 Å².